The fraction of sp³-hybridized carbons (Fsp3) is 0.375. The summed E-state index contributed by atoms with van der Waals surface area (Å²) in [6, 6.07) is 5.24. The van der Waals surface area contributed by atoms with Crippen molar-refractivity contribution in [2.75, 3.05) is 20.8 Å². The number of methoxy groups -OCH3 is 2. The molecule has 1 aromatic carbocycles. The zero-order chi connectivity index (χ0) is 15.4. The largest absolute Gasteiger partial charge is 0.465 e. The van der Waals surface area contributed by atoms with E-state index in [1.807, 2.05) is 10.8 Å². The second-order valence-electron chi connectivity index (χ2n) is 4.86. The molecule has 0 fully saturated rings. The van der Waals surface area contributed by atoms with Crippen LogP contribution in [0.1, 0.15) is 34.1 Å². The van der Waals surface area contributed by atoms with Gasteiger partial charge in [0.15, 0.2) is 5.78 Å². The fourth-order valence-electron chi connectivity index (χ4n) is 2.38. The summed E-state index contributed by atoms with van der Waals surface area (Å²) in [6.45, 7) is 2.91. The quantitative estimate of drug-likeness (QED) is 0.466. The lowest BCUT2D eigenvalue weighted by Crippen LogP contribution is -2.03. The molecule has 1 heterocycles. The molecule has 0 N–H and O–H groups in total. The van der Waals surface area contributed by atoms with E-state index in [9.17, 15) is 9.59 Å². The summed E-state index contributed by atoms with van der Waals surface area (Å²) in [5, 5.41) is 0.854. The molecule has 1 aromatic heterocycles. The predicted octanol–water partition coefficient (Wildman–Crippen LogP) is 2.67. The first-order valence-corrected chi connectivity index (χ1v) is 6.79. The van der Waals surface area contributed by atoms with Gasteiger partial charge in [0.2, 0.25) is 0 Å². The monoisotopic (exact) mass is 289 g/mol. The van der Waals surface area contributed by atoms with Gasteiger partial charge in [0.1, 0.15) is 0 Å². The van der Waals surface area contributed by atoms with Gasteiger partial charge in [-0.3, -0.25) is 4.79 Å². The number of carbonyl (C=O) groups excluding carboxylic acids is 2. The molecule has 0 spiro atoms. The van der Waals surface area contributed by atoms with Crippen LogP contribution in [0.5, 0.6) is 0 Å². The summed E-state index contributed by atoms with van der Waals surface area (Å²) in [4.78, 5) is 23.4. The Morgan fingerprint density at radius 1 is 1.24 bits per heavy atom. The average Bonchev–Trinajstić information content (AvgIpc) is 2.85. The van der Waals surface area contributed by atoms with Gasteiger partial charge in [0.25, 0.3) is 0 Å². The first-order valence-electron chi connectivity index (χ1n) is 6.79. The van der Waals surface area contributed by atoms with Crippen molar-refractivity contribution in [1.82, 2.24) is 4.57 Å². The number of Topliss-reactive ketones (excluding diaryl/α,β-unsaturated/α-hetero) is 1. The van der Waals surface area contributed by atoms with Crippen molar-refractivity contribution in [3.05, 3.63) is 35.5 Å². The third kappa shape index (κ3) is 3.13. The van der Waals surface area contributed by atoms with Crippen molar-refractivity contribution < 1.29 is 19.1 Å². The molecule has 0 saturated carbocycles. The minimum Gasteiger partial charge on any atom is -0.465 e. The van der Waals surface area contributed by atoms with E-state index in [4.69, 9.17) is 9.47 Å². The van der Waals surface area contributed by atoms with Gasteiger partial charge in [-0.2, -0.15) is 0 Å². The van der Waals surface area contributed by atoms with Crippen LogP contribution in [0.3, 0.4) is 0 Å². The van der Waals surface area contributed by atoms with Gasteiger partial charge >= 0.3 is 5.97 Å². The van der Waals surface area contributed by atoms with E-state index in [1.165, 1.54) is 7.11 Å². The van der Waals surface area contributed by atoms with E-state index in [0.717, 1.165) is 23.9 Å². The maximum absolute atomic E-state index is 11.7. The molecule has 2 rings (SSSR count). The first-order chi connectivity index (χ1) is 10.1. The van der Waals surface area contributed by atoms with Crippen LogP contribution in [0.2, 0.25) is 0 Å². The molecule has 2 aromatic rings. The second kappa shape index (κ2) is 6.54. The smallest absolute Gasteiger partial charge is 0.337 e. The van der Waals surface area contributed by atoms with Gasteiger partial charge in [-0.05, 0) is 25.5 Å². The van der Waals surface area contributed by atoms with E-state index in [-0.39, 0.29) is 11.8 Å². The number of aromatic nitrogens is 1. The third-order valence-corrected chi connectivity index (χ3v) is 3.43. The average molecular weight is 289 g/mol. The lowest BCUT2D eigenvalue weighted by molar-refractivity contribution is 0.0600. The van der Waals surface area contributed by atoms with Crippen molar-refractivity contribution >= 4 is 22.7 Å². The number of benzene rings is 1. The van der Waals surface area contributed by atoms with Crippen LogP contribution in [0.15, 0.2) is 24.4 Å². The molecule has 0 aliphatic heterocycles. The van der Waals surface area contributed by atoms with E-state index in [1.54, 1.807) is 32.2 Å². The lowest BCUT2D eigenvalue weighted by Gasteiger charge is -2.06. The van der Waals surface area contributed by atoms with E-state index in [0.29, 0.717) is 17.7 Å². The molecule has 112 valence electrons. The molecule has 0 unspecified atom stereocenters. The van der Waals surface area contributed by atoms with Crippen LogP contribution >= 0.6 is 0 Å². The maximum atomic E-state index is 11.7. The number of fused-ring (bicyclic) bond motifs is 1. The Bertz CT molecular complexity index is 672. The van der Waals surface area contributed by atoms with Crippen LogP contribution in [0.25, 0.3) is 10.9 Å². The molecular weight excluding hydrogens is 270 g/mol. The van der Waals surface area contributed by atoms with Crippen LogP contribution in [0, 0.1) is 0 Å². The Morgan fingerprint density at radius 3 is 2.62 bits per heavy atom. The van der Waals surface area contributed by atoms with Crippen LogP contribution in [-0.2, 0) is 16.0 Å². The van der Waals surface area contributed by atoms with Gasteiger partial charge in [0, 0.05) is 42.9 Å². The van der Waals surface area contributed by atoms with E-state index in [2.05, 4.69) is 0 Å². The SMILES string of the molecule is COCCCn1cc(C(C)=O)c2ccc(C(=O)OC)cc21. The highest BCUT2D eigenvalue weighted by atomic mass is 16.5. The molecule has 0 aliphatic rings. The van der Waals surface area contributed by atoms with Crippen LogP contribution < -0.4 is 0 Å². The third-order valence-electron chi connectivity index (χ3n) is 3.43. The molecule has 0 radical (unpaired) electrons. The van der Waals surface area contributed by atoms with Crippen molar-refractivity contribution in [3.8, 4) is 0 Å². The minimum absolute atomic E-state index is 0.0105. The van der Waals surface area contributed by atoms with Gasteiger partial charge in [-0.15, -0.1) is 0 Å². The van der Waals surface area contributed by atoms with Gasteiger partial charge < -0.3 is 14.0 Å². The highest BCUT2D eigenvalue weighted by Crippen LogP contribution is 2.24. The van der Waals surface area contributed by atoms with Crippen LogP contribution in [-0.4, -0.2) is 37.1 Å². The lowest BCUT2D eigenvalue weighted by atomic mass is 10.1. The number of hydrogen-bond acceptors (Lipinski definition) is 4. The summed E-state index contributed by atoms with van der Waals surface area (Å²) < 4.78 is 11.8. The van der Waals surface area contributed by atoms with E-state index < -0.39 is 0 Å². The molecule has 0 saturated heterocycles. The predicted molar refractivity (Wildman–Crippen MR) is 79.8 cm³/mol. The Morgan fingerprint density at radius 2 is 2.00 bits per heavy atom. The molecule has 0 atom stereocenters. The highest BCUT2D eigenvalue weighted by Gasteiger charge is 2.14. The molecule has 21 heavy (non-hydrogen) atoms. The molecule has 0 bridgehead atoms. The van der Waals surface area contributed by atoms with Gasteiger partial charge in [0.05, 0.1) is 12.7 Å². The Labute approximate surface area is 123 Å². The van der Waals surface area contributed by atoms with Gasteiger partial charge in [-0.1, -0.05) is 6.07 Å². The van der Waals surface area contributed by atoms with Crippen LogP contribution in [0.4, 0.5) is 0 Å². The highest BCUT2D eigenvalue weighted by molar-refractivity contribution is 6.08. The summed E-state index contributed by atoms with van der Waals surface area (Å²) in [5.41, 5.74) is 2.00. The number of hydrogen-bond donors (Lipinski definition) is 0. The summed E-state index contributed by atoms with van der Waals surface area (Å²) in [5.74, 6) is -0.373. The van der Waals surface area contributed by atoms with Crippen molar-refractivity contribution in [2.45, 2.75) is 19.9 Å². The summed E-state index contributed by atoms with van der Waals surface area (Å²) >= 11 is 0. The minimum atomic E-state index is -0.383. The van der Waals surface area contributed by atoms with Crippen molar-refractivity contribution in [1.29, 1.82) is 0 Å². The normalized spacial score (nSPS) is 10.8. The zero-order valence-electron chi connectivity index (χ0n) is 12.5. The molecule has 5 nitrogen and oxygen atoms in total. The molecular formula is C16H19NO4. The number of rotatable bonds is 6. The standard InChI is InChI=1S/C16H19NO4/c1-11(18)14-10-17(7-4-8-20-2)15-9-12(16(19)21-3)5-6-13(14)15/h5-6,9-10H,4,7-8H2,1-3H3. The molecule has 0 amide bonds. The Balaban J connectivity index is 2.49. The van der Waals surface area contributed by atoms with E-state index >= 15 is 0 Å². The Hall–Kier alpha value is -2.14. The molecule has 0 aliphatic carbocycles. The van der Waals surface area contributed by atoms with Crippen molar-refractivity contribution in [2.24, 2.45) is 0 Å². The molecule has 5 heteroatoms. The fourth-order valence-corrected chi connectivity index (χ4v) is 2.38. The van der Waals surface area contributed by atoms with Crippen molar-refractivity contribution in [3.63, 3.8) is 0 Å². The number of nitrogens with zero attached hydrogens (tertiary/aromatic N) is 1. The first kappa shape index (κ1) is 15.3. The summed E-state index contributed by atoms with van der Waals surface area (Å²) in [6.07, 6.45) is 2.67. The number of carbonyl (C=O) groups is 2. The Kier molecular flexibility index (Phi) is 4.75. The maximum Gasteiger partial charge on any atom is 0.337 e. The zero-order valence-corrected chi connectivity index (χ0v) is 12.5. The number of ketones is 1. The second-order valence-corrected chi connectivity index (χ2v) is 4.86. The number of ether oxygens (including phenoxy) is 2. The number of esters is 1. The topological polar surface area (TPSA) is 57.5 Å². The van der Waals surface area contributed by atoms with Gasteiger partial charge in [-0.25, -0.2) is 4.79 Å². The number of aryl methyl sites for hydroxylation is 1. The summed E-state index contributed by atoms with van der Waals surface area (Å²) in [7, 11) is 3.01.